The summed E-state index contributed by atoms with van der Waals surface area (Å²) >= 11 is 0. The molecule has 0 aromatic heterocycles. The van der Waals surface area contributed by atoms with Crippen molar-refractivity contribution >= 4 is 15.9 Å². The van der Waals surface area contributed by atoms with Crippen LogP contribution in [0.1, 0.15) is 46.0 Å². The maximum Gasteiger partial charge on any atom is 0.243 e. The molecule has 0 saturated carbocycles. The summed E-state index contributed by atoms with van der Waals surface area (Å²) in [6.07, 6.45) is 4.28. The maximum absolute atomic E-state index is 13.2. The predicted molar refractivity (Wildman–Crippen MR) is 104 cm³/mol. The molecule has 1 aromatic rings. The molecule has 2 aliphatic rings. The second-order valence-corrected chi connectivity index (χ2v) is 9.73. The molecule has 27 heavy (non-hydrogen) atoms. The average Bonchev–Trinajstić information content (AvgIpc) is 3.21. The van der Waals surface area contributed by atoms with Crippen molar-refractivity contribution in [1.82, 2.24) is 9.21 Å². The number of amides is 1. The monoisotopic (exact) mass is 394 g/mol. The summed E-state index contributed by atoms with van der Waals surface area (Å²) in [6, 6.07) is 5.97. The second-order valence-electron chi connectivity index (χ2n) is 7.84. The van der Waals surface area contributed by atoms with E-state index in [-0.39, 0.29) is 10.8 Å². The fourth-order valence-electron chi connectivity index (χ4n) is 3.69. The maximum atomic E-state index is 13.2. The van der Waals surface area contributed by atoms with Gasteiger partial charge in [-0.05, 0) is 55.9 Å². The van der Waals surface area contributed by atoms with E-state index < -0.39 is 16.1 Å². The third-order valence-corrected chi connectivity index (χ3v) is 7.09. The van der Waals surface area contributed by atoms with Gasteiger partial charge in [0.2, 0.25) is 15.9 Å². The van der Waals surface area contributed by atoms with Gasteiger partial charge in [0.05, 0.1) is 11.5 Å². The molecule has 0 spiro atoms. The van der Waals surface area contributed by atoms with E-state index in [2.05, 4.69) is 13.8 Å². The molecule has 2 fully saturated rings. The van der Waals surface area contributed by atoms with E-state index in [9.17, 15) is 13.2 Å². The lowest BCUT2D eigenvalue weighted by Gasteiger charge is -2.35. The highest BCUT2D eigenvalue weighted by Crippen LogP contribution is 2.28. The number of hydrogen-bond donors (Lipinski definition) is 0. The summed E-state index contributed by atoms with van der Waals surface area (Å²) in [5.41, 5.74) is 0. The molecule has 1 amide bonds. The molecular weight excluding hydrogens is 364 g/mol. The summed E-state index contributed by atoms with van der Waals surface area (Å²) < 4.78 is 33.5. The number of carbonyl (C=O) groups excluding carboxylic acids is 1. The van der Waals surface area contributed by atoms with Crippen molar-refractivity contribution in [1.29, 1.82) is 0 Å². The van der Waals surface area contributed by atoms with Crippen LogP contribution < -0.4 is 4.74 Å². The Morgan fingerprint density at radius 2 is 1.70 bits per heavy atom. The Morgan fingerprint density at radius 3 is 2.33 bits per heavy atom. The van der Waals surface area contributed by atoms with Crippen LogP contribution in [0.25, 0.3) is 0 Å². The quantitative estimate of drug-likeness (QED) is 0.744. The van der Waals surface area contributed by atoms with Gasteiger partial charge in [-0.2, -0.15) is 4.31 Å². The van der Waals surface area contributed by atoms with Crippen LogP contribution in [0, 0.1) is 5.92 Å². The van der Waals surface area contributed by atoms with Gasteiger partial charge in [-0.3, -0.25) is 4.79 Å². The van der Waals surface area contributed by atoms with Crippen LogP contribution in [-0.2, 0) is 14.8 Å². The SMILES string of the molecule is CC(C)COc1ccc(S(=O)(=O)N2CCCC[C@@H]2C(=O)N2CCCC2)cc1. The molecule has 2 aliphatic heterocycles. The molecule has 7 heteroatoms. The number of benzene rings is 1. The van der Waals surface area contributed by atoms with Gasteiger partial charge in [-0.1, -0.05) is 20.3 Å². The van der Waals surface area contributed by atoms with Crippen LogP contribution in [0.15, 0.2) is 29.2 Å². The Morgan fingerprint density at radius 1 is 1.07 bits per heavy atom. The Kier molecular flexibility index (Phi) is 6.42. The number of piperidine rings is 1. The zero-order chi connectivity index (χ0) is 19.4. The number of nitrogens with zero attached hydrogens (tertiary/aromatic N) is 2. The molecule has 0 N–H and O–H groups in total. The molecule has 0 bridgehead atoms. The van der Waals surface area contributed by atoms with E-state index in [1.165, 1.54) is 4.31 Å². The van der Waals surface area contributed by atoms with Gasteiger partial charge in [0, 0.05) is 19.6 Å². The van der Waals surface area contributed by atoms with Gasteiger partial charge in [0.25, 0.3) is 0 Å². The molecule has 0 aliphatic carbocycles. The third-order valence-electron chi connectivity index (χ3n) is 5.17. The molecular formula is C20H30N2O4S. The zero-order valence-corrected chi connectivity index (χ0v) is 17.1. The van der Waals surface area contributed by atoms with Gasteiger partial charge in [0.15, 0.2) is 0 Å². The van der Waals surface area contributed by atoms with Gasteiger partial charge in [-0.15, -0.1) is 0 Å². The standard InChI is InChI=1S/C20H30N2O4S/c1-16(2)15-26-17-8-10-18(11-9-17)27(24,25)22-14-4-3-7-19(22)20(23)21-12-5-6-13-21/h8-11,16,19H,3-7,12-15H2,1-2H3/t19-/m1/s1. The van der Waals surface area contributed by atoms with Crippen molar-refractivity contribution < 1.29 is 17.9 Å². The number of rotatable bonds is 6. The summed E-state index contributed by atoms with van der Waals surface area (Å²) in [5, 5.41) is 0. The Hall–Kier alpha value is -1.60. The normalized spacial score (nSPS) is 21.6. The first-order valence-electron chi connectivity index (χ1n) is 9.93. The molecule has 2 heterocycles. The Labute approximate surface area is 162 Å². The minimum atomic E-state index is -3.70. The summed E-state index contributed by atoms with van der Waals surface area (Å²) in [4.78, 5) is 14.9. The van der Waals surface area contributed by atoms with Gasteiger partial charge >= 0.3 is 0 Å². The molecule has 2 saturated heterocycles. The van der Waals surface area contributed by atoms with Gasteiger partial charge in [0.1, 0.15) is 11.8 Å². The number of hydrogen-bond acceptors (Lipinski definition) is 4. The molecule has 0 unspecified atom stereocenters. The highest BCUT2D eigenvalue weighted by atomic mass is 32.2. The van der Waals surface area contributed by atoms with Crippen LogP contribution in [0.5, 0.6) is 5.75 Å². The lowest BCUT2D eigenvalue weighted by atomic mass is 10.0. The predicted octanol–water partition coefficient (Wildman–Crippen LogP) is 2.89. The first kappa shape index (κ1) is 20.1. The lowest BCUT2D eigenvalue weighted by molar-refractivity contribution is -0.135. The van der Waals surface area contributed by atoms with Crippen LogP contribution in [0.3, 0.4) is 0 Å². The average molecular weight is 395 g/mol. The van der Waals surface area contributed by atoms with E-state index in [0.717, 1.165) is 38.8 Å². The summed E-state index contributed by atoms with van der Waals surface area (Å²) in [7, 11) is -3.70. The minimum absolute atomic E-state index is 0.0346. The van der Waals surface area contributed by atoms with Crippen molar-refractivity contribution in [2.24, 2.45) is 5.92 Å². The van der Waals surface area contributed by atoms with Crippen LogP contribution in [-0.4, -0.2) is 55.8 Å². The van der Waals surface area contributed by atoms with Crippen LogP contribution >= 0.6 is 0 Å². The van der Waals surface area contributed by atoms with E-state index >= 15 is 0 Å². The highest BCUT2D eigenvalue weighted by molar-refractivity contribution is 7.89. The molecule has 0 radical (unpaired) electrons. The van der Waals surface area contributed by atoms with Crippen molar-refractivity contribution in [3.05, 3.63) is 24.3 Å². The number of carbonyl (C=O) groups is 1. The van der Waals surface area contributed by atoms with Gasteiger partial charge in [-0.25, -0.2) is 8.42 Å². The largest absolute Gasteiger partial charge is 0.493 e. The van der Waals surface area contributed by atoms with Crippen molar-refractivity contribution in [3.8, 4) is 5.75 Å². The van der Waals surface area contributed by atoms with Crippen LogP contribution in [0.2, 0.25) is 0 Å². The number of ether oxygens (including phenoxy) is 1. The fourth-order valence-corrected chi connectivity index (χ4v) is 5.34. The van der Waals surface area contributed by atoms with E-state index in [1.807, 2.05) is 4.90 Å². The van der Waals surface area contributed by atoms with Gasteiger partial charge < -0.3 is 9.64 Å². The van der Waals surface area contributed by atoms with E-state index in [1.54, 1.807) is 24.3 Å². The smallest absolute Gasteiger partial charge is 0.243 e. The third kappa shape index (κ3) is 4.63. The first-order valence-corrected chi connectivity index (χ1v) is 11.4. The van der Waals surface area contributed by atoms with E-state index in [0.29, 0.717) is 31.2 Å². The number of likely N-dealkylation sites (tertiary alicyclic amines) is 1. The molecule has 1 aromatic carbocycles. The molecule has 1 atom stereocenters. The zero-order valence-electron chi connectivity index (χ0n) is 16.3. The number of sulfonamides is 1. The second kappa shape index (κ2) is 8.61. The lowest BCUT2D eigenvalue weighted by Crippen LogP contribution is -2.52. The minimum Gasteiger partial charge on any atom is -0.493 e. The van der Waals surface area contributed by atoms with Crippen LogP contribution in [0.4, 0.5) is 0 Å². The topological polar surface area (TPSA) is 66.9 Å². The first-order chi connectivity index (χ1) is 12.9. The van der Waals surface area contributed by atoms with Crippen molar-refractivity contribution in [3.63, 3.8) is 0 Å². The van der Waals surface area contributed by atoms with Crippen molar-refractivity contribution in [2.75, 3.05) is 26.2 Å². The summed E-state index contributed by atoms with van der Waals surface area (Å²) in [6.45, 7) is 6.60. The Bertz CT molecular complexity index is 740. The fraction of sp³-hybridized carbons (Fsp3) is 0.650. The Balaban J connectivity index is 1.77. The summed E-state index contributed by atoms with van der Waals surface area (Å²) in [5.74, 6) is 1.03. The van der Waals surface area contributed by atoms with Crippen molar-refractivity contribution in [2.45, 2.75) is 56.9 Å². The molecule has 6 nitrogen and oxygen atoms in total. The molecule has 150 valence electrons. The highest BCUT2D eigenvalue weighted by Gasteiger charge is 2.39. The van der Waals surface area contributed by atoms with E-state index in [4.69, 9.17) is 4.74 Å². The molecule has 3 rings (SSSR count).